The highest BCUT2D eigenvalue weighted by Gasteiger charge is 2.24. The summed E-state index contributed by atoms with van der Waals surface area (Å²) in [4.78, 5) is 11.1. The lowest BCUT2D eigenvalue weighted by molar-refractivity contribution is 0.114. The molecule has 0 radical (unpaired) electrons. The Labute approximate surface area is 150 Å². The number of likely N-dealkylation sites (tertiary alicyclic amines) is 1. The molecule has 0 aliphatic carbocycles. The van der Waals surface area contributed by atoms with Gasteiger partial charge in [0.1, 0.15) is 0 Å². The molecule has 5 nitrogen and oxygen atoms in total. The molecule has 1 unspecified atom stereocenters. The van der Waals surface area contributed by atoms with Gasteiger partial charge in [-0.1, -0.05) is 6.07 Å². The third-order valence-corrected chi connectivity index (χ3v) is 3.89. The Morgan fingerprint density at radius 2 is 2.36 bits per heavy atom. The number of halogens is 1. The minimum atomic E-state index is 0. The minimum Gasteiger partial charge on any atom is -0.381 e. The molecule has 0 spiro atoms. The van der Waals surface area contributed by atoms with Crippen LogP contribution in [-0.4, -0.2) is 49.2 Å². The number of guanidine groups is 1. The molecule has 124 valence electrons. The lowest BCUT2D eigenvalue weighted by Crippen LogP contribution is -2.40. The quantitative estimate of drug-likeness (QED) is 0.454. The van der Waals surface area contributed by atoms with Gasteiger partial charge in [-0.3, -0.25) is 9.98 Å². The molecule has 1 N–H and O–H groups in total. The first-order chi connectivity index (χ1) is 10.2. The van der Waals surface area contributed by atoms with E-state index in [0.717, 1.165) is 38.0 Å². The number of aryl methyl sites for hydroxylation is 1. The molecule has 1 fully saturated rings. The van der Waals surface area contributed by atoms with Crippen LogP contribution in [0.1, 0.15) is 24.6 Å². The molecule has 1 atom stereocenters. The van der Waals surface area contributed by atoms with E-state index in [1.54, 1.807) is 0 Å². The Balaban J connectivity index is 0.00000242. The van der Waals surface area contributed by atoms with Gasteiger partial charge in [0.2, 0.25) is 0 Å². The molecule has 1 aliphatic heterocycles. The predicted octanol–water partition coefficient (Wildman–Crippen LogP) is 2.44. The molecule has 1 aromatic heterocycles. The number of nitrogens with zero attached hydrogens (tertiary/aromatic N) is 3. The van der Waals surface area contributed by atoms with Crippen molar-refractivity contribution < 1.29 is 4.74 Å². The second-order valence-corrected chi connectivity index (χ2v) is 5.43. The van der Waals surface area contributed by atoms with Gasteiger partial charge in [0, 0.05) is 38.9 Å². The van der Waals surface area contributed by atoms with Gasteiger partial charge in [-0.15, -0.1) is 24.0 Å². The van der Waals surface area contributed by atoms with Crippen LogP contribution in [0.5, 0.6) is 0 Å². The average molecular weight is 418 g/mol. The zero-order chi connectivity index (χ0) is 15.1. The summed E-state index contributed by atoms with van der Waals surface area (Å²) in [6.07, 6.45) is 3.00. The summed E-state index contributed by atoms with van der Waals surface area (Å²) in [6, 6.07) is 4.05. The molecule has 6 heteroatoms. The van der Waals surface area contributed by atoms with E-state index in [-0.39, 0.29) is 24.0 Å². The van der Waals surface area contributed by atoms with E-state index in [9.17, 15) is 0 Å². The summed E-state index contributed by atoms with van der Waals surface area (Å²) >= 11 is 0. The number of aliphatic imine (C=N–C) groups is 1. The Morgan fingerprint density at radius 1 is 1.55 bits per heavy atom. The second kappa shape index (κ2) is 9.99. The van der Waals surface area contributed by atoms with Gasteiger partial charge in [0.15, 0.2) is 5.96 Å². The van der Waals surface area contributed by atoms with Crippen molar-refractivity contribution in [3.63, 3.8) is 0 Å². The largest absolute Gasteiger partial charge is 0.381 e. The number of aromatic nitrogens is 1. The van der Waals surface area contributed by atoms with Crippen LogP contribution in [0.2, 0.25) is 0 Å². The molecule has 2 rings (SSSR count). The first-order valence-electron chi connectivity index (χ1n) is 7.68. The van der Waals surface area contributed by atoms with Gasteiger partial charge in [-0.05, 0) is 31.9 Å². The van der Waals surface area contributed by atoms with Crippen LogP contribution in [-0.2, 0) is 11.3 Å². The summed E-state index contributed by atoms with van der Waals surface area (Å²) in [5.74, 6) is 1.57. The second-order valence-electron chi connectivity index (χ2n) is 5.43. The van der Waals surface area contributed by atoms with Gasteiger partial charge in [0.05, 0.1) is 18.8 Å². The maximum Gasteiger partial charge on any atom is 0.193 e. The summed E-state index contributed by atoms with van der Waals surface area (Å²) in [6.45, 7) is 8.54. The average Bonchev–Trinajstić information content (AvgIpc) is 2.96. The summed E-state index contributed by atoms with van der Waals surface area (Å²) in [5.41, 5.74) is 2.28. The maximum absolute atomic E-state index is 5.53. The fraction of sp³-hybridized carbons (Fsp3) is 0.625. The van der Waals surface area contributed by atoms with Crippen LogP contribution in [0.15, 0.2) is 23.3 Å². The Kier molecular flexibility index (Phi) is 8.70. The number of rotatable bonds is 5. The third-order valence-electron chi connectivity index (χ3n) is 3.89. The molecule has 22 heavy (non-hydrogen) atoms. The van der Waals surface area contributed by atoms with Crippen molar-refractivity contribution >= 4 is 29.9 Å². The summed E-state index contributed by atoms with van der Waals surface area (Å²) in [7, 11) is 1.84. The summed E-state index contributed by atoms with van der Waals surface area (Å²) in [5, 5.41) is 3.42. The SMILES string of the molecule is CCOCC1CCN(C(=NC)NCc2ncccc2C)C1.I. The predicted molar refractivity (Wildman–Crippen MR) is 101 cm³/mol. The van der Waals surface area contributed by atoms with Crippen molar-refractivity contribution in [1.29, 1.82) is 0 Å². The number of pyridine rings is 1. The highest BCUT2D eigenvalue weighted by Crippen LogP contribution is 2.16. The molecule has 0 saturated carbocycles. The number of hydrogen-bond acceptors (Lipinski definition) is 3. The van der Waals surface area contributed by atoms with Gasteiger partial charge >= 0.3 is 0 Å². The van der Waals surface area contributed by atoms with Crippen molar-refractivity contribution in [2.24, 2.45) is 10.9 Å². The van der Waals surface area contributed by atoms with E-state index in [4.69, 9.17) is 4.74 Å². The fourth-order valence-corrected chi connectivity index (χ4v) is 2.64. The molecular formula is C16H27IN4O. The zero-order valence-electron chi connectivity index (χ0n) is 13.7. The van der Waals surface area contributed by atoms with E-state index in [0.29, 0.717) is 12.5 Å². The first-order valence-corrected chi connectivity index (χ1v) is 7.68. The number of nitrogens with one attached hydrogen (secondary N) is 1. The Bertz CT molecular complexity index is 481. The highest BCUT2D eigenvalue weighted by molar-refractivity contribution is 14.0. The van der Waals surface area contributed by atoms with Crippen molar-refractivity contribution in [1.82, 2.24) is 15.2 Å². The van der Waals surface area contributed by atoms with Crippen LogP contribution in [0, 0.1) is 12.8 Å². The molecule has 0 amide bonds. The standard InChI is InChI=1S/C16H26N4O.HI/c1-4-21-12-14-7-9-20(11-14)16(17-3)19-10-15-13(2)6-5-8-18-15;/h5-6,8,14H,4,7,9-12H2,1-3H3,(H,17,19);1H. The summed E-state index contributed by atoms with van der Waals surface area (Å²) < 4.78 is 5.53. The van der Waals surface area contributed by atoms with Crippen molar-refractivity contribution in [2.75, 3.05) is 33.4 Å². The van der Waals surface area contributed by atoms with Crippen molar-refractivity contribution in [2.45, 2.75) is 26.8 Å². The van der Waals surface area contributed by atoms with Gasteiger partial charge < -0.3 is 15.0 Å². The molecule has 0 bridgehead atoms. The van der Waals surface area contributed by atoms with Crippen LogP contribution in [0.3, 0.4) is 0 Å². The minimum absolute atomic E-state index is 0. The number of ether oxygens (including phenoxy) is 1. The monoisotopic (exact) mass is 418 g/mol. The first kappa shape index (κ1) is 19.2. The topological polar surface area (TPSA) is 49.8 Å². The smallest absolute Gasteiger partial charge is 0.193 e. The van der Waals surface area contributed by atoms with E-state index in [1.165, 1.54) is 12.0 Å². The molecule has 1 saturated heterocycles. The molecular weight excluding hydrogens is 391 g/mol. The van der Waals surface area contributed by atoms with Crippen molar-refractivity contribution in [3.8, 4) is 0 Å². The molecule has 0 aromatic carbocycles. The zero-order valence-corrected chi connectivity index (χ0v) is 16.0. The number of hydrogen-bond donors (Lipinski definition) is 1. The van der Waals surface area contributed by atoms with Crippen LogP contribution >= 0.6 is 24.0 Å². The van der Waals surface area contributed by atoms with Crippen LogP contribution < -0.4 is 5.32 Å². The van der Waals surface area contributed by atoms with Crippen LogP contribution in [0.4, 0.5) is 0 Å². The lowest BCUT2D eigenvalue weighted by Gasteiger charge is -2.22. The highest BCUT2D eigenvalue weighted by atomic mass is 127. The molecule has 1 aromatic rings. The van der Waals surface area contributed by atoms with Crippen molar-refractivity contribution in [3.05, 3.63) is 29.6 Å². The lowest BCUT2D eigenvalue weighted by atomic mass is 10.1. The van der Waals surface area contributed by atoms with Crippen LogP contribution in [0.25, 0.3) is 0 Å². The molecule has 2 heterocycles. The van der Waals surface area contributed by atoms with Gasteiger partial charge in [-0.2, -0.15) is 0 Å². The Morgan fingerprint density at radius 3 is 3.05 bits per heavy atom. The van der Waals surface area contributed by atoms with E-state index >= 15 is 0 Å². The van der Waals surface area contributed by atoms with Gasteiger partial charge in [-0.25, -0.2) is 0 Å². The molecule has 1 aliphatic rings. The normalized spacial score (nSPS) is 18.2. The Hall–Kier alpha value is -0.890. The van der Waals surface area contributed by atoms with E-state index < -0.39 is 0 Å². The third kappa shape index (κ3) is 5.39. The fourth-order valence-electron chi connectivity index (χ4n) is 2.64. The van der Waals surface area contributed by atoms with E-state index in [1.807, 2.05) is 26.2 Å². The van der Waals surface area contributed by atoms with Gasteiger partial charge in [0.25, 0.3) is 0 Å². The maximum atomic E-state index is 5.53. The van der Waals surface area contributed by atoms with E-state index in [2.05, 4.69) is 33.2 Å².